The van der Waals surface area contributed by atoms with E-state index in [0.717, 1.165) is 24.0 Å². The van der Waals surface area contributed by atoms with Crippen LogP contribution in [0, 0.1) is 0 Å². The predicted octanol–water partition coefficient (Wildman–Crippen LogP) is 2.56. The molecule has 132 valence electrons. The van der Waals surface area contributed by atoms with E-state index < -0.39 is 18.2 Å². The maximum Gasteiger partial charge on any atom is 0.322 e. The fourth-order valence-corrected chi connectivity index (χ4v) is 3.88. The molecule has 0 radical (unpaired) electrons. The summed E-state index contributed by atoms with van der Waals surface area (Å²) in [5.74, 6) is 0.295. The van der Waals surface area contributed by atoms with Gasteiger partial charge in [0.1, 0.15) is 6.33 Å². The highest BCUT2D eigenvalue weighted by molar-refractivity contribution is 5.87. The number of aliphatic hydroxyl groups is 1. The van der Waals surface area contributed by atoms with Gasteiger partial charge in [0, 0.05) is 6.42 Å². The first-order valence-electron chi connectivity index (χ1n) is 8.95. The average Bonchev–Trinajstić information content (AvgIpc) is 3.21. The van der Waals surface area contributed by atoms with Crippen LogP contribution in [0.5, 0.6) is 0 Å². The lowest BCUT2D eigenvalue weighted by atomic mass is 9.96. The van der Waals surface area contributed by atoms with Gasteiger partial charge in [-0.2, -0.15) is 0 Å². The van der Waals surface area contributed by atoms with Crippen LogP contribution in [0.1, 0.15) is 55.3 Å². The summed E-state index contributed by atoms with van der Waals surface area (Å²) in [6, 6.07) is 7.34. The molecule has 1 saturated carbocycles. The summed E-state index contributed by atoms with van der Waals surface area (Å²) < 4.78 is 1.86. The Hall–Kier alpha value is -2.41. The van der Waals surface area contributed by atoms with Crippen LogP contribution in [0.3, 0.4) is 0 Å². The van der Waals surface area contributed by atoms with Gasteiger partial charge in [-0.3, -0.25) is 5.32 Å². The monoisotopic (exact) mass is 341 g/mol. The molecular weight excluding hydrogens is 318 g/mol. The summed E-state index contributed by atoms with van der Waals surface area (Å²) in [4.78, 5) is 16.5. The van der Waals surface area contributed by atoms with Crippen molar-refractivity contribution in [2.45, 2.75) is 56.7 Å². The zero-order chi connectivity index (χ0) is 17.2. The molecule has 25 heavy (non-hydrogen) atoms. The summed E-state index contributed by atoms with van der Waals surface area (Å²) in [5.41, 5.74) is 2.03. The van der Waals surface area contributed by atoms with Crippen molar-refractivity contribution in [3.8, 4) is 0 Å². The Morgan fingerprint density at radius 2 is 2.00 bits per heavy atom. The van der Waals surface area contributed by atoms with Crippen LogP contribution in [-0.4, -0.2) is 32.0 Å². The van der Waals surface area contributed by atoms with Crippen molar-refractivity contribution < 1.29 is 9.90 Å². The number of hydrogen-bond donors (Lipinski definition) is 3. The Labute approximate surface area is 146 Å². The number of aliphatic hydroxyl groups excluding tert-OH is 1. The standard InChI is InChI=1S/C18H23N5O2/c24-15-10-12-6-4-5-9-14(12)16(15)20-18(25)21-17-19-11-23(22-17)13-7-2-1-3-8-13/h4-6,9,11,13,15-16,24H,1-3,7-8,10H2,(H2,20,21,22,25)/t15-,16-/m1/s1. The lowest BCUT2D eigenvalue weighted by Gasteiger charge is -2.21. The number of amides is 2. The number of carbonyl (C=O) groups is 1. The molecule has 0 bridgehead atoms. The molecule has 1 fully saturated rings. The number of nitrogens with one attached hydrogen (secondary N) is 2. The summed E-state index contributed by atoms with van der Waals surface area (Å²) in [6.07, 6.45) is 7.56. The molecule has 2 aliphatic carbocycles. The Balaban J connectivity index is 1.39. The second kappa shape index (κ2) is 6.84. The molecule has 1 aromatic heterocycles. The minimum absolute atomic E-state index is 0.295. The molecule has 2 aromatic rings. The number of anilines is 1. The van der Waals surface area contributed by atoms with Crippen LogP contribution in [0.4, 0.5) is 10.7 Å². The maximum absolute atomic E-state index is 12.3. The topological polar surface area (TPSA) is 92.1 Å². The maximum atomic E-state index is 12.3. The van der Waals surface area contributed by atoms with Gasteiger partial charge in [-0.05, 0) is 24.0 Å². The third-order valence-electron chi connectivity index (χ3n) is 5.17. The lowest BCUT2D eigenvalue weighted by Crippen LogP contribution is -2.37. The van der Waals surface area contributed by atoms with Crippen LogP contribution in [0.25, 0.3) is 0 Å². The van der Waals surface area contributed by atoms with Gasteiger partial charge in [0.05, 0.1) is 18.2 Å². The Kier molecular flexibility index (Phi) is 4.40. The van der Waals surface area contributed by atoms with Gasteiger partial charge in [-0.1, -0.05) is 43.5 Å². The van der Waals surface area contributed by atoms with E-state index in [9.17, 15) is 9.90 Å². The molecule has 0 spiro atoms. The fourth-order valence-electron chi connectivity index (χ4n) is 3.88. The minimum Gasteiger partial charge on any atom is -0.390 e. The second-order valence-corrected chi connectivity index (χ2v) is 6.89. The van der Waals surface area contributed by atoms with E-state index in [-0.39, 0.29) is 0 Å². The molecule has 2 aliphatic rings. The number of benzene rings is 1. The van der Waals surface area contributed by atoms with Crippen LogP contribution in [0.15, 0.2) is 30.6 Å². The molecule has 2 atom stereocenters. The molecule has 0 aliphatic heterocycles. The molecule has 0 unspecified atom stereocenters. The molecule has 7 nitrogen and oxygen atoms in total. The van der Waals surface area contributed by atoms with E-state index in [0.29, 0.717) is 18.4 Å². The molecular formula is C18H23N5O2. The van der Waals surface area contributed by atoms with Crippen LogP contribution < -0.4 is 10.6 Å². The Bertz CT molecular complexity index is 753. The van der Waals surface area contributed by atoms with Crippen LogP contribution in [-0.2, 0) is 6.42 Å². The summed E-state index contributed by atoms with van der Waals surface area (Å²) in [5, 5.41) is 20.1. The average molecular weight is 341 g/mol. The highest BCUT2D eigenvalue weighted by Crippen LogP contribution is 2.31. The summed E-state index contributed by atoms with van der Waals surface area (Å²) in [7, 11) is 0. The third-order valence-corrected chi connectivity index (χ3v) is 5.17. The first-order chi connectivity index (χ1) is 12.2. The zero-order valence-electron chi connectivity index (χ0n) is 14.1. The first kappa shape index (κ1) is 16.1. The van der Waals surface area contributed by atoms with Gasteiger partial charge < -0.3 is 10.4 Å². The quantitative estimate of drug-likeness (QED) is 0.800. The van der Waals surface area contributed by atoms with Crippen LogP contribution >= 0.6 is 0 Å². The van der Waals surface area contributed by atoms with E-state index in [1.54, 1.807) is 6.33 Å². The highest BCUT2D eigenvalue weighted by atomic mass is 16.3. The van der Waals surface area contributed by atoms with Gasteiger partial charge in [0.25, 0.3) is 0 Å². The van der Waals surface area contributed by atoms with Crippen molar-refractivity contribution in [3.05, 3.63) is 41.7 Å². The van der Waals surface area contributed by atoms with E-state index >= 15 is 0 Å². The molecule has 1 aromatic carbocycles. The number of rotatable bonds is 3. The second-order valence-electron chi connectivity index (χ2n) is 6.89. The van der Waals surface area contributed by atoms with Gasteiger partial charge >= 0.3 is 6.03 Å². The van der Waals surface area contributed by atoms with Gasteiger partial charge in [0.15, 0.2) is 0 Å². The van der Waals surface area contributed by atoms with Crippen molar-refractivity contribution >= 4 is 12.0 Å². The van der Waals surface area contributed by atoms with Crippen molar-refractivity contribution in [2.24, 2.45) is 0 Å². The SMILES string of the molecule is O=C(Nc1ncn(C2CCCCC2)n1)N[C@@H]1c2ccccc2C[C@H]1O. The number of fused-ring (bicyclic) bond motifs is 1. The summed E-state index contributed by atoms with van der Waals surface area (Å²) >= 11 is 0. The lowest BCUT2D eigenvalue weighted by molar-refractivity contribution is 0.144. The molecule has 1 heterocycles. The third kappa shape index (κ3) is 3.37. The van der Waals surface area contributed by atoms with E-state index in [4.69, 9.17) is 0 Å². The van der Waals surface area contributed by atoms with Crippen molar-refractivity contribution in [1.82, 2.24) is 20.1 Å². The number of aromatic nitrogens is 3. The van der Waals surface area contributed by atoms with Gasteiger partial charge in [0.2, 0.25) is 5.95 Å². The largest absolute Gasteiger partial charge is 0.390 e. The number of urea groups is 1. The number of nitrogens with zero attached hydrogens (tertiary/aromatic N) is 3. The van der Waals surface area contributed by atoms with Crippen molar-refractivity contribution in [3.63, 3.8) is 0 Å². The molecule has 2 amide bonds. The molecule has 3 N–H and O–H groups in total. The van der Waals surface area contributed by atoms with E-state index in [1.807, 2.05) is 28.9 Å². The summed E-state index contributed by atoms with van der Waals surface area (Å²) in [6.45, 7) is 0. The number of hydrogen-bond acceptors (Lipinski definition) is 4. The van der Waals surface area contributed by atoms with Crippen molar-refractivity contribution in [2.75, 3.05) is 5.32 Å². The number of carbonyl (C=O) groups excluding carboxylic acids is 1. The Morgan fingerprint density at radius 1 is 1.20 bits per heavy atom. The molecule has 0 saturated heterocycles. The normalized spacial score (nSPS) is 23.2. The van der Waals surface area contributed by atoms with Gasteiger partial charge in [-0.15, -0.1) is 5.10 Å². The van der Waals surface area contributed by atoms with Crippen LogP contribution in [0.2, 0.25) is 0 Å². The molecule has 4 rings (SSSR count). The molecule has 7 heteroatoms. The van der Waals surface area contributed by atoms with E-state index in [1.165, 1.54) is 19.3 Å². The smallest absolute Gasteiger partial charge is 0.322 e. The highest BCUT2D eigenvalue weighted by Gasteiger charge is 2.32. The van der Waals surface area contributed by atoms with E-state index in [2.05, 4.69) is 20.7 Å². The Morgan fingerprint density at radius 3 is 2.84 bits per heavy atom. The fraction of sp³-hybridized carbons (Fsp3) is 0.500. The minimum atomic E-state index is -0.615. The first-order valence-corrected chi connectivity index (χ1v) is 8.95. The van der Waals surface area contributed by atoms with Gasteiger partial charge in [-0.25, -0.2) is 14.5 Å². The zero-order valence-corrected chi connectivity index (χ0v) is 14.1. The predicted molar refractivity (Wildman–Crippen MR) is 93.2 cm³/mol. The van der Waals surface area contributed by atoms with Crippen molar-refractivity contribution in [1.29, 1.82) is 0 Å².